The van der Waals surface area contributed by atoms with Gasteiger partial charge >= 0.3 is 0 Å². The number of hydrogen-bond acceptors (Lipinski definition) is 2. The van der Waals surface area contributed by atoms with E-state index in [4.69, 9.17) is 0 Å². The van der Waals surface area contributed by atoms with Crippen molar-refractivity contribution in [3.8, 4) is 0 Å². The van der Waals surface area contributed by atoms with Crippen molar-refractivity contribution in [1.29, 1.82) is 0 Å². The second kappa shape index (κ2) is 6.91. The van der Waals surface area contributed by atoms with Crippen LogP contribution in [0.5, 0.6) is 0 Å². The van der Waals surface area contributed by atoms with Gasteiger partial charge in [0.25, 0.3) is 0 Å². The molecule has 0 amide bonds. The Balaban J connectivity index is 1.76. The van der Waals surface area contributed by atoms with Crippen molar-refractivity contribution in [2.24, 2.45) is 11.8 Å². The van der Waals surface area contributed by atoms with Crippen LogP contribution in [0.15, 0.2) is 0 Å². The fourth-order valence-corrected chi connectivity index (χ4v) is 3.77. The maximum absolute atomic E-state index is 3.97. The molecule has 2 nitrogen and oxygen atoms in total. The summed E-state index contributed by atoms with van der Waals surface area (Å²) in [6, 6.07) is 1.58. The van der Waals surface area contributed by atoms with E-state index < -0.39 is 0 Å². The van der Waals surface area contributed by atoms with Crippen molar-refractivity contribution < 1.29 is 0 Å². The largest absolute Gasteiger partial charge is 0.311 e. The molecule has 1 saturated heterocycles. The quantitative estimate of drug-likeness (QED) is 0.826. The third-order valence-corrected chi connectivity index (χ3v) is 5.28. The lowest BCUT2D eigenvalue weighted by Crippen LogP contribution is -2.41. The predicted octanol–water partition coefficient (Wildman–Crippen LogP) is 3.28. The number of nitrogens with zero attached hydrogens (tertiary/aromatic N) is 1. The lowest BCUT2D eigenvalue weighted by atomic mass is 9.96. The zero-order valence-electron chi connectivity index (χ0n) is 12.6. The summed E-state index contributed by atoms with van der Waals surface area (Å²) in [6.07, 6.45) is 8.25. The first kappa shape index (κ1) is 14.3. The molecule has 0 radical (unpaired) electrons. The number of hydrogen-bond donors (Lipinski definition) is 1. The Bertz CT molecular complexity index is 241. The van der Waals surface area contributed by atoms with Gasteiger partial charge in [-0.15, -0.1) is 0 Å². The Morgan fingerprint density at radius 3 is 2.56 bits per heavy atom. The highest BCUT2D eigenvalue weighted by atomic mass is 15.1. The van der Waals surface area contributed by atoms with Gasteiger partial charge in [-0.2, -0.15) is 0 Å². The van der Waals surface area contributed by atoms with Gasteiger partial charge in [0, 0.05) is 12.1 Å². The minimum atomic E-state index is 0.782. The molecule has 1 saturated carbocycles. The van der Waals surface area contributed by atoms with Crippen LogP contribution in [-0.2, 0) is 0 Å². The van der Waals surface area contributed by atoms with Crippen molar-refractivity contribution in [1.82, 2.24) is 10.2 Å². The molecule has 1 N–H and O–H groups in total. The molecule has 2 heteroatoms. The van der Waals surface area contributed by atoms with Crippen LogP contribution in [0.4, 0.5) is 0 Å². The maximum atomic E-state index is 3.97. The van der Waals surface area contributed by atoms with Crippen molar-refractivity contribution in [3.63, 3.8) is 0 Å². The van der Waals surface area contributed by atoms with E-state index in [1.54, 1.807) is 0 Å². The van der Waals surface area contributed by atoms with E-state index in [2.05, 4.69) is 31.0 Å². The second-order valence-corrected chi connectivity index (χ2v) is 6.66. The molecule has 1 aliphatic carbocycles. The first-order valence-electron chi connectivity index (χ1n) is 8.19. The lowest BCUT2D eigenvalue weighted by molar-refractivity contribution is 0.277. The van der Waals surface area contributed by atoms with Gasteiger partial charge in [-0.25, -0.2) is 0 Å². The lowest BCUT2D eigenvalue weighted by Gasteiger charge is -2.26. The van der Waals surface area contributed by atoms with Gasteiger partial charge in [0.05, 0.1) is 0 Å². The highest BCUT2D eigenvalue weighted by molar-refractivity contribution is 4.88. The van der Waals surface area contributed by atoms with Crippen molar-refractivity contribution in [2.45, 2.75) is 71.4 Å². The first-order valence-corrected chi connectivity index (χ1v) is 8.19. The Kier molecular flexibility index (Phi) is 5.50. The molecule has 2 aliphatic rings. The molecule has 2 fully saturated rings. The molecule has 0 aromatic carbocycles. The molecule has 18 heavy (non-hydrogen) atoms. The van der Waals surface area contributed by atoms with Gasteiger partial charge < -0.3 is 10.2 Å². The fraction of sp³-hybridized carbons (Fsp3) is 1.00. The summed E-state index contributed by atoms with van der Waals surface area (Å²) in [5.41, 5.74) is 0. The van der Waals surface area contributed by atoms with E-state index in [0.717, 1.165) is 23.9 Å². The molecule has 0 aromatic heterocycles. The summed E-state index contributed by atoms with van der Waals surface area (Å²) < 4.78 is 0. The zero-order valence-corrected chi connectivity index (χ0v) is 12.6. The van der Waals surface area contributed by atoms with E-state index in [-0.39, 0.29) is 0 Å². The average Bonchev–Trinajstić information content (AvgIpc) is 2.57. The van der Waals surface area contributed by atoms with Crippen LogP contribution >= 0.6 is 0 Å². The van der Waals surface area contributed by atoms with Crippen LogP contribution in [0.3, 0.4) is 0 Å². The summed E-state index contributed by atoms with van der Waals surface area (Å²) in [7, 11) is 0. The van der Waals surface area contributed by atoms with E-state index in [0.29, 0.717) is 0 Å². The monoisotopic (exact) mass is 252 g/mol. The average molecular weight is 252 g/mol. The van der Waals surface area contributed by atoms with Crippen LogP contribution in [0.25, 0.3) is 0 Å². The summed E-state index contributed by atoms with van der Waals surface area (Å²) >= 11 is 0. The van der Waals surface area contributed by atoms with Gasteiger partial charge in [0.1, 0.15) is 0 Å². The van der Waals surface area contributed by atoms with Gasteiger partial charge in [-0.3, -0.25) is 0 Å². The summed E-state index contributed by atoms with van der Waals surface area (Å²) in [5.74, 6) is 1.80. The Hall–Kier alpha value is -0.0800. The molecule has 0 spiro atoms. The highest BCUT2D eigenvalue weighted by Crippen LogP contribution is 2.32. The molecule has 2 rings (SSSR count). The molecule has 4 atom stereocenters. The number of rotatable bonds is 4. The van der Waals surface area contributed by atoms with Gasteiger partial charge in [-0.05, 0) is 70.0 Å². The minimum absolute atomic E-state index is 0.782. The molecule has 0 aromatic rings. The molecule has 106 valence electrons. The molecule has 1 aliphatic heterocycles. The topological polar surface area (TPSA) is 15.3 Å². The third kappa shape index (κ3) is 3.71. The van der Waals surface area contributed by atoms with Gasteiger partial charge in [0.15, 0.2) is 0 Å². The summed E-state index contributed by atoms with van der Waals surface area (Å²) in [6.45, 7) is 11.1. The van der Waals surface area contributed by atoms with Crippen LogP contribution in [0.1, 0.15) is 59.3 Å². The third-order valence-electron chi connectivity index (χ3n) is 5.28. The van der Waals surface area contributed by atoms with Gasteiger partial charge in [0.2, 0.25) is 0 Å². The highest BCUT2D eigenvalue weighted by Gasteiger charge is 2.31. The Morgan fingerprint density at radius 2 is 1.89 bits per heavy atom. The molecular formula is C16H32N2. The van der Waals surface area contributed by atoms with E-state index in [9.17, 15) is 0 Å². The molecule has 4 unspecified atom stereocenters. The molecular weight excluding hydrogens is 220 g/mol. The zero-order chi connectivity index (χ0) is 13.0. The fourth-order valence-electron chi connectivity index (χ4n) is 3.77. The smallest absolute Gasteiger partial charge is 0.00979 e. The summed E-state index contributed by atoms with van der Waals surface area (Å²) in [4.78, 5) is 2.66. The summed E-state index contributed by atoms with van der Waals surface area (Å²) in [5, 5.41) is 3.97. The Morgan fingerprint density at radius 1 is 1.06 bits per heavy atom. The standard InChI is InChI=1S/C16H32N2/c1-4-10-18-11-5-6-15(9-12-18)17-16-8-7-13(2)14(16)3/h13-17H,4-12H2,1-3H3. The van der Waals surface area contributed by atoms with E-state index in [1.807, 2.05) is 0 Å². The minimum Gasteiger partial charge on any atom is -0.311 e. The van der Waals surface area contributed by atoms with E-state index in [1.165, 1.54) is 58.2 Å². The van der Waals surface area contributed by atoms with Crippen LogP contribution in [0, 0.1) is 11.8 Å². The van der Waals surface area contributed by atoms with Crippen molar-refractivity contribution >= 4 is 0 Å². The van der Waals surface area contributed by atoms with Gasteiger partial charge in [-0.1, -0.05) is 20.8 Å². The van der Waals surface area contributed by atoms with Crippen LogP contribution in [-0.4, -0.2) is 36.6 Å². The van der Waals surface area contributed by atoms with Crippen molar-refractivity contribution in [3.05, 3.63) is 0 Å². The van der Waals surface area contributed by atoms with Crippen LogP contribution < -0.4 is 5.32 Å². The number of nitrogens with one attached hydrogen (secondary N) is 1. The van der Waals surface area contributed by atoms with Crippen molar-refractivity contribution in [2.75, 3.05) is 19.6 Å². The first-order chi connectivity index (χ1) is 8.70. The normalized spacial score (nSPS) is 38.8. The Labute approximate surface area is 114 Å². The van der Waals surface area contributed by atoms with Crippen LogP contribution in [0.2, 0.25) is 0 Å². The van der Waals surface area contributed by atoms with E-state index >= 15 is 0 Å². The predicted molar refractivity (Wildman–Crippen MR) is 78.9 cm³/mol. The molecule has 0 bridgehead atoms. The molecule has 1 heterocycles. The maximum Gasteiger partial charge on any atom is 0.00979 e. The number of likely N-dealkylation sites (tertiary alicyclic amines) is 1. The SMILES string of the molecule is CCCN1CCCC(NC2CCC(C)C2C)CC1. The second-order valence-electron chi connectivity index (χ2n) is 6.66.